The Hall–Kier alpha value is -1.40. The number of aliphatic hydroxyl groups is 1. The Morgan fingerprint density at radius 3 is 2.71 bits per heavy atom. The molecule has 0 aromatic carbocycles. The lowest BCUT2D eigenvalue weighted by Crippen LogP contribution is -2.54. The summed E-state index contributed by atoms with van der Waals surface area (Å²) in [7, 11) is 0. The van der Waals surface area contributed by atoms with Crippen LogP contribution in [0.3, 0.4) is 0 Å². The molecular formula is C15H19NO4S. The fraction of sp³-hybridized carbons (Fsp3) is 0.600. The van der Waals surface area contributed by atoms with Crippen LogP contribution in [0.25, 0.3) is 0 Å². The van der Waals surface area contributed by atoms with Gasteiger partial charge in [0.05, 0.1) is 10.5 Å². The van der Waals surface area contributed by atoms with Crippen LogP contribution in [0.15, 0.2) is 12.1 Å². The van der Waals surface area contributed by atoms with Gasteiger partial charge in [-0.3, -0.25) is 4.79 Å². The maximum Gasteiger partial charge on any atom is 0.345 e. The van der Waals surface area contributed by atoms with Crippen LogP contribution in [-0.4, -0.2) is 45.7 Å². The van der Waals surface area contributed by atoms with Crippen molar-refractivity contribution in [2.24, 2.45) is 5.92 Å². The molecule has 2 fully saturated rings. The van der Waals surface area contributed by atoms with Crippen molar-refractivity contribution in [3.05, 3.63) is 21.9 Å². The first-order valence-corrected chi connectivity index (χ1v) is 8.16. The zero-order valence-electron chi connectivity index (χ0n) is 11.7. The number of fused-ring (bicyclic) bond motifs is 1. The molecular weight excluding hydrogens is 290 g/mol. The summed E-state index contributed by atoms with van der Waals surface area (Å²) < 4.78 is 0. The third-order valence-corrected chi connectivity index (χ3v) is 5.80. The molecule has 1 aromatic heterocycles. The normalized spacial score (nSPS) is 29.0. The Morgan fingerprint density at radius 1 is 1.24 bits per heavy atom. The van der Waals surface area contributed by atoms with Crippen LogP contribution in [0.1, 0.15) is 51.4 Å². The number of carbonyl (C=O) groups excluding carboxylic acids is 1. The summed E-state index contributed by atoms with van der Waals surface area (Å²) in [6, 6.07) is 3.05. The summed E-state index contributed by atoms with van der Waals surface area (Å²) in [5, 5.41) is 19.6. The summed E-state index contributed by atoms with van der Waals surface area (Å²) in [5.41, 5.74) is -0.600. The van der Waals surface area contributed by atoms with Crippen LogP contribution < -0.4 is 0 Å². The second-order valence-corrected chi connectivity index (χ2v) is 7.10. The van der Waals surface area contributed by atoms with Crippen molar-refractivity contribution in [3.8, 4) is 0 Å². The van der Waals surface area contributed by atoms with Crippen molar-refractivity contribution >= 4 is 23.2 Å². The van der Waals surface area contributed by atoms with Crippen molar-refractivity contribution < 1.29 is 19.8 Å². The Balaban J connectivity index is 1.72. The van der Waals surface area contributed by atoms with Crippen LogP contribution in [0.5, 0.6) is 0 Å². The molecule has 0 bridgehead atoms. The number of thiophene rings is 1. The van der Waals surface area contributed by atoms with E-state index < -0.39 is 11.6 Å². The van der Waals surface area contributed by atoms with Gasteiger partial charge in [0.15, 0.2) is 0 Å². The monoisotopic (exact) mass is 309 g/mol. The van der Waals surface area contributed by atoms with Gasteiger partial charge in [-0.15, -0.1) is 11.3 Å². The standard InChI is InChI=1S/C15H19NO4S/c17-13(11-4-5-12(21-11)14(18)19)16-8-7-15(20)6-2-1-3-10(15)9-16/h4-5,10,20H,1-3,6-9H2,(H,18,19). The van der Waals surface area contributed by atoms with Gasteiger partial charge in [0.25, 0.3) is 5.91 Å². The number of hydrogen-bond acceptors (Lipinski definition) is 4. The van der Waals surface area contributed by atoms with E-state index in [4.69, 9.17) is 5.11 Å². The van der Waals surface area contributed by atoms with Gasteiger partial charge in [-0.2, -0.15) is 0 Å². The molecule has 1 aliphatic carbocycles. The second-order valence-electron chi connectivity index (χ2n) is 6.02. The highest BCUT2D eigenvalue weighted by atomic mass is 32.1. The van der Waals surface area contributed by atoms with Gasteiger partial charge in [-0.1, -0.05) is 12.8 Å². The van der Waals surface area contributed by atoms with Gasteiger partial charge in [0.2, 0.25) is 0 Å². The minimum absolute atomic E-state index is 0.111. The van der Waals surface area contributed by atoms with Crippen LogP contribution >= 0.6 is 11.3 Å². The van der Waals surface area contributed by atoms with Crippen molar-refractivity contribution in [2.75, 3.05) is 13.1 Å². The number of carbonyl (C=O) groups is 2. The van der Waals surface area contributed by atoms with Gasteiger partial charge >= 0.3 is 5.97 Å². The van der Waals surface area contributed by atoms with E-state index in [2.05, 4.69) is 0 Å². The van der Waals surface area contributed by atoms with Crippen LogP contribution in [-0.2, 0) is 0 Å². The first-order valence-electron chi connectivity index (χ1n) is 7.34. The number of carboxylic acids is 1. The molecule has 21 heavy (non-hydrogen) atoms. The molecule has 3 rings (SSSR count). The molecule has 5 nitrogen and oxygen atoms in total. The number of rotatable bonds is 2. The smallest absolute Gasteiger partial charge is 0.345 e. The van der Waals surface area contributed by atoms with Crippen LogP contribution in [0, 0.1) is 5.92 Å². The summed E-state index contributed by atoms with van der Waals surface area (Å²) in [6.45, 7) is 1.13. The molecule has 114 valence electrons. The van der Waals surface area contributed by atoms with Gasteiger partial charge in [-0.25, -0.2) is 4.79 Å². The summed E-state index contributed by atoms with van der Waals surface area (Å²) in [4.78, 5) is 25.8. The Kier molecular flexibility index (Phi) is 3.75. The molecule has 2 N–H and O–H groups in total. The predicted molar refractivity (Wildman–Crippen MR) is 78.7 cm³/mol. The molecule has 1 aliphatic heterocycles. The molecule has 2 heterocycles. The summed E-state index contributed by atoms with van der Waals surface area (Å²) in [5.74, 6) is -0.956. The predicted octanol–water partition coefficient (Wildman–Crippen LogP) is 2.21. The molecule has 1 aromatic rings. The Labute approximate surface area is 127 Å². The van der Waals surface area contributed by atoms with Crippen molar-refractivity contribution in [1.82, 2.24) is 4.90 Å². The highest BCUT2D eigenvalue weighted by molar-refractivity contribution is 7.15. The zero-order valence-corrected chi connectivity index (χ0v) is 12.6. The number of likely N-dealkylation sites (tertiary alicyclic amines) is 1. The van der Waals surface area contributed by atoms with Crippen molar-refractivity contribution in [2.45, 2.75) is 37.7 Å². The zero-order chi connectivity index (χ0) is 15.0. The average Bonchev–Trinajstić information content (AvgIpc) is 2.95. The molecule has 1 saturated heterocycles. The lowest BCUT2D eigenvalue weighted by atomic mass is 9.71. The lowest BCUT2D eigenvalue weighted by molar-refractivity contribution is -0.0885. The SMILES string of the molecule is O=C(O)c1ccc(C(=O)N2CCC3(O)CCCCC3C2)s1. The highest BCUT2D eigenvalue weighted by Gasteiger charge is 2.43. The number of amides is 1. The Morgan fingerprint density at radius 2 is 2.00 bits per heavy atom. The average molecular weight is 309 g/mol. The van der Waals surface area contributed by atoms with Crippen molar-refractivity contribution in [3.63, 3.8) is 0 Å². The first-order chi connectivity index (χ1) is 9.99. The van der Waals surface area contributed by atoms with E-state index in [1.807, 2.05) is 0 Å². The first kappa shape index (κ1) is 14.5. The molecule has 6 heteroatoms. The van der Waals surface area contributed by atoms with Gasteiger partial charge in [0, 0.05) is 19.0 Å². The quantitative estimate of drug-likeness (QED) is 0.878. The number of aromatic carboxylic acids is 1. The summed E-state index contributed by atoms with van der Waals surface area (Å²) >= 11 is 1.02. The molecule has 0 spiro atoms. The molecule has 2 unspecified atom stereocenters. The highest BCUT2D eigenvalue weighted by Crippen LogP contribution is 2.40. The minimum Gasteiger partial charge on any atom is -0.477 e. The van der Waals surface area contributed by atoms with E-state index in [-0.39, 0.29) is 16.7 Å². The van der Waals surface area contributed by atoms with Crippen LogP contribution in [0.4, 0.5) is 0 Å². The third kappa shape index (κ3) is 2.70. The van der Waals surface area contributed by atoms with Gasteiger partial charge in [-0.05, 0) is 31.4 Å². The lowest BCUT2D eigenvalue weighted by Gasteiger charge is -2.47. The number of carboxylic acid groups (broad SMARTS) is 1. The molecule has 1 saturated carbocycles. The molecule has 2 aliphatic rings. The van der Waals surface area contributed by atoms with Gasteiger partial charge in [0.1, 0.15) is 4.88 Å². The minimum atomic E-state index is -1.00. The molecule has 0 radical (unpaired) electrons. The van der Waals surface area contributed by atoms with E-state index in [1.165, 1.54) is 6.07 Å². The third-order valence-electron chi connectivity index (χ3n) is 4.74. The van der Waals surface area contributed by atoms with E-state index in [9.17, 15) is 14.7 Å². The second kappa shape index (κ2) is 5.42. The maximum absolute atomic E-state index is 12.5. The Bertz CT molecular complexity index is 570. The molecule has 2 atom stereocenters. The number of nitrogens with zero attached hydrogens (tertiary/aromatic N) is 1. The maximum atomic E-state index is 12.5. The van der Waals surface area contributed by atoms with Crippen LogP contribution in [0.2, 0.25) is 0 Å². The van der Waals surface area contributed by atoms with E-state index >= 15 is 0 Å². The van der Waals surface area contributed by atoms with E-state index in [0.717, 1.165) is 37.0 Å². The van der Waals surface area contributed by atoms with E-state index in [1.54, 1.807) is 11.0 Å². The topological polar surface area (TPSA) is 77.8 Å². The number of hydrogen-bond donors (Lipinski definition) is 2. The summed E-state index contributed by atoms with van der Waals surface area (Å²) in [6.07, 6.45) is 4.60. The van der Waals surface area contributed by atoms with Gasteiger partial charge < -0.3 is 15.1 Å². The van der Waals surface area contributed by atoms with E-state index in [0.29, 0.717) is 24.4 Å². The fourth-order valence-electron chi connectivity index (χ4n) is 3.48. The number of piperidine rings is 1. The largest absolute Gasteiger partial charge is 0.477 e. The fourth-order valence-corrected chi connectivity index (χ4v) is 4.29. The molecule has 1 amide bonds. The van der Waals surface area contributed by atoms with Crippen molar-refractivity contribution in [1.29, 1.82) is 0 Å².